The maximum atomic E-state index is 14.5. The third-order valence-corrected chi connectivity index (χ3v) is 13.0. The van der Waals surface area contributed by atoms with Gasteiger partial charge in [-0.3, -0.25) is 19.2 Å². The Morgan fingerprint density at radius 3 is 2.12 bits per heavy atom. The van der Waals surface area contributed by atoms with Crippen molar-refractivity contribution < 1.29 is 24.0 Å². The molecule has 6 atom stereocenters. The third kappa shape index (κ3) is 5.61. The Hall–Kier alpha value is -3.73. The van der Waals surface area contributed by atoms with Gasteiger partial charge in [0.25, 0.3) is 0 Å². The number of ketones is 4. The molecule has 0 unspecified atom stereocenters. The van der Waals surface area contributed by atoms with Crippen LogP contribution >= 0.6 is 0 Å². The van der Waals surface area contributed by atoms with E-state index >= 15 is 0 Å². The quantitative estimate of drug-likeness (QED) is 0.162. The van der Waals surface area contributed by atoms with Crippen LogP contribution in [0.3, 0.4) is 0 Å². The predicted molar refractivity (Wildman–Crippen MR) is 187 cm³/mol. The van der Waals surface area contributed by atoms with Gasteiger partial charge in [-0.05, 0) is 146 Å². The first-order valence-electron chi connectivity index (χ1n) is 18.1. The summed E-state index contributed by atoms with van der Waals surface area (Å²) < 4.78 is 0. The average Bonchev–Trinajstić information content (AvgIpc) is 3.05. The van der Waals surface area contributed by atoms with Crippen molar-refractivity contribution in [1.29, 1.82) is 0 Å². The van der Waals surface area contributed by atoms with E-state index < -0.39 is 10.8 Å². The molecular formula is C43H48O5. The number of carbonyl (C=O) groups excluding carboxylic acids is 5. The summed E-state index contributed by atoms with van der Waals surface area (Å²) in [6, 6.07) is 0. The fourth-order valence-corrected chi connectivity index (χ4v) is 10.3. The van der Waals surface area contributed by atoms with Crippen LogP contribution in [0.2, 0.25) is 0 Å². The lowest BCUT2D eigenvalue weighted by Crippen LogP contribution is -2.60. The number of hydrogen-bond donors (Lipinski definition) is 0. The summed E-state index contributed by atoms with van der Waals surface area (Å²) in [5.41, 5.74) is 6.30. The summed E-state index contributed by atoms with van der Waals surface area (Å²) in [5.74, 6) is -0.500. The molecule has 0 saturated heterocycles. The second-order valence-electron chi connectivity index (χ2n) is 16.0. The molecule has 0 aromatic carbocycles. The van der Waals surface area contributed by atoms with E-state index in [1.165, 1.54) is 35.2 Å². The van der Waals surface area contributed by atoms with Crippen LogP contribution in [0.15, 0.2) is 93.2 Å². The van der Waals surface area contributed by atoms with Crippen molar-refractivity contribution in [3.63, 3.8) is 0 Å². The highest BCUT2D eigenvalue weighted by molar-refractivity contribution is 6.20. The molecule has 0 amide bonds. The highest BCUT2D eigenvalue weighted by Gasteiger charge is 2.65. The van der Waals surface area contributed by atoms with E-state index in [9.17, 15) is 24.0 Å². The minimum atomic E-state index is -0.782. The molecule has 1 saturated carbocycles. The molecule has 0 aromatic heterocycles. The summed E-state index contributed by atoms with van der Waals surface area (Å²) in [5, 5.41) is 0. The molecular weight excluding hydrogens is 596 g/mol. The Kier molecular flexibility index (Phi) is 8.62. The molecule has 0 aliphatic heterocycles. The molecule has 1 spiro atoms. The molecule has 250 valence electrons. The SMILES string of the molecule is C/C1=C/CCC2=C[C@H]3C[C@]4(C=O)[C@@H](CC5=C[C@H]4C/C(C)=C/CC4=CC(=O)C(=CC4=O)C/C(C)=C\CC5)C[C@@]34C(=O)C=C(CC1)C(=O)[C@H]4C2. The molecule has 1 fully saturated rings. The lowest BCUT2D eigenvalue weighted by Gasteiger charge is -2.60. The van der Waals surface area contributed by atoms with Gasteiger partial charge in [-0.25, -0.2) is 0 Å². The molecule has 0 N–H and O–H groups in total. The molecule has 0 heterocycles. The number of Topliss-reactive ketones (excluding diaryl/α,β-unsaturated/α-hetero) is 1. The topological polar surface area (TPSA) is 85.3 Å². The van der Waals surface area contributed by atoms with Crippen LogP contribution < -0.4 is 0 Å². The zero-order chi connectivity index (χ0) is 33.8. The second kappa shape index (κ2) is 12.6. The Labute approximate surface area is 284 Å². The molecule has 8 aliphatic rings. The summed E-state index contributed by atoms with van der Waals surface area (Å²) in [4.78, 5) is 68.3. The minimum Gasteiger partial charge on any atom is -0.303 e. The van der Waals surface area contributed by atoms with Gasteiger partial charge in [0, 0.05) is 27.9 Å². The van der Waals surface area contributed by atoms with Gasteiger partial charge in [-0.15, -0.1) is 0 Å². The van der Waals surface area contributed by atoms with Crippen molar-refractivity contribution in [2.75, 3.05) is 0 Å². The zero-order valence-corrected chi connectivity index (χ0v) is 28.7. The molecule has 8 rings (SSSR count). The Bertz CT molecular complexity index is 1750. The first kappa shape index (κ1) is 32.8. The van der Waals surface area contributed by atoms with Gasteiger partial charge in [0.15, 0.2) is 23.1 Å². The van der Waals surface area contributed by atoms with E-state index in [1.54, 1.807) is 6.08 Å². The highest BCUT2D eigenvalue weighted by atomic mass is 16.1. The van der Waals surface area contributed by atoms with Crippen LogP contribution in [0, 0.1) is 34.5 Å². The summed E-state index contributed by atoms with van der Waals surface area (Å²) in [7, 11) is 0. The Balaban J connectivity index is 1.30. The molecule has 5 heteroatoms. The van der Waals surface area contributed by atoms with E-state index in [0.29, 0.717) is 61.7 Å². The average molecular weight is 645 g/mol. The maximum absolute atomic E-state index is 14.5. The molecule has 48 heavy (non-hydrogen) atoms. The van der Waals surface area contributed by atoms with Gasteiger partial charge < -0.3 is 4.79 Å². The molecule has 8 aliphatic carbocycles. The predicted octanol–water partition coefficient (Wildman–Crippen LogP) is 8.54. The summed E-state index contributed by atoms with van der Waals surface area (Å²) in [6.07, 6.45) is 26.1. The fourth-order valence-electron chi connectivity index (χ4n) is 10.3. The maximum Gasteiger partial charge on any atom is 0.182 e. The van der Waals surface area contributed by atoms with Crippen LogP contribution in [0.5, 0.6) is 0 Å². The van der Waals surface area contributed by atoms with Crippen molar-refractivity contribution >= 4 is 29.4 Å². The molecule has 7 bridgehead atoms. The van der Waals surface area contributed by atoms with Crippen molar-refractivity contribution in [2.45, 2.75) is 104 Å². The molecule has 5 nitrogen and oxygen atoms in total. The number of allylic oxidation sites excluding steroid dienone is 16. The molecule has 0 aromatic rings. The van der Waals surface area contributed by atoms with Crippen molar-refractivity contribution in [1.82, 2.24) is 0 Å². The normalized spacial score (nSPS) is 39.0. The monoisotopic (exact) mass is 644 g/mol. The molecule has 0 radical (unpaired) electrons. The van der Waals surface area contributed by atoms with Crippen molar-refractivity contribution in [2.24, 2.45) is 34.5 Å². The number of rotatable bonds is 1. The van der Waals surface area contributed by atoms with Crippen molar-refractivity contribution in [3.05, 3.63) is 93.2 Å². The standard InChI is InChI=1S/C43H48O5/c1-26-6-4-9-30-18-36-23-42(25-44)34-15-28(3)11-12-31-20-39(46)33(21-38(31)45)14-27(2)7-5-8-29(16-34)17-35(42)24-43(36)37(19-30)41(48)32(13-10-26)22-40(43)47/h6-7,11,16,18,20-22,25,34-37H,4-5,8-10,12-15,17,19,23-24H2,1-3H3/b26-6-,27-7-,28-11+/t34-,35+,36+,37-,42-,43-/m1/s1. The Morgan fingerprint density at radius 1 is 0.667 bits per heavy atom. The zero-order valence-electron chi connectivity index (χ0n) is 28.7. The van der Waals surface area contributed by atoms with E-state index in [1.807, 2.05) is 13.0 Å². The van der Waals surface area contributed by atoms with Crippen LogP contribution in [0.25, 0.3) is 0 Å². The Morgan fingerprint density at radius 2 is 1.35 bits per heavy atom. The van der Waals surface area contributed by atoms with Gasteiger partial charge in [0.05, 0.1) is 0 Å². The largest absolute Gasteiger partial charge is 0.303 e. The lowest BCUT2D eigenvalue weighted by atomic mass is 9.41. The number of carbonyl (C=O) groups is 5. The van der Waals surface area contributed by atoms with Crippen LogP contribution in [0.1, 0.15) is 104 Å². The second-order valence-corrected chi connectivity index (χ2v) is 16.0. The van der Waals surface area contributed by atoms with Crippen LogP contribution in [0.4, 0.5) is 0 Å². The highest BCUT2D eigenvalue weighted by Crippen LogP contribution is 2.66. The first-order valence-corrected chi connectivity index (χ1v) is 18.1. The van der Waals surface area contributed by atoms with Gasteiger partial charge >= 0.3 is 0 Å². The van der Waals surface area contributed by atoms with E-state index in [2.05, 4.69) is 38.2 Å². The van der Waals surface area contributed by atoms with E-state index in [-0.39, 0.29) is 46.8 Å². The van der Waals surface area contributed by atoms with Gasteiger partial charge in [0.2, 0.25) is 0 Å². The third-order valence-electron chi connectivity index (χ3n) is 13.0. The van der Waals surface area contributed by atoms with E-state index in [4.69, 9.17) is 0 Å². The van der Waals surface area contributed by atoms with Gasteiger partial charge in [0.1, 0.15) is 6.29 Å². The van der Waals surface area contributed by atoms with E-state index in [0.717, 1.165) is 49.7 Å². The first-order chi connectivity index (χ1) is 23.0. The lowest BCUT2D eigenvalue weighted by molar-refractivity contribution is -0.156. The van der Waals surface area contributed by atoms with Gasteiger partial charge in [-0.2, -0.15) is 0 Å². The number of aldehydes is 1. The summed E-state index contributed by atoms with van der Waals surface area (Å²) in [6.45, 7) is 6.20. The van der Waals surface area contributed by atoms with Crippen LogP contribution in [-0.2, 0) is 24.0 Å². The fraction of sp³-hybridized carbons (Fsp3) is 0.512. The number of hydrogen-bond acceptors (Lipinski definition) is 5. The smallest absolute Gasteiger partial charge is 0.182 e. The minimum absolute atomic E-state index is 0.0279. The van der Waals surface area contributed by atoms with Crippen molar-refractivity contribution in [3.8, 4) is 0 Å². The summed E-state index contributed by atoms with van der Waals surface area (Å²) >= 11 is 0. The van der Waals surface area contributed by atoms with Crippen LogP contribution in [-0.4, -0.2) is 29.4 Å². The van der Waals surface area contributed by atoms with Gasteiger partial charge in [-0.1, -0.05) is 58.2 Å². The number of fused-ring (bicyclic) bond motifs is 10.